The van der Waals surface area contributed by atoms with Gasteiger partial charge in [-0.1, -0.05) is 35.5 Å². The third-order valence-electron chi connectivity index (χ3n) is 5.00. The van der Waals surface area contributed by atoms with Crippen molar-refractivity contribution in [2.75, 3.05) is 23.2 Å². The molecule has 3 aliphatic heterocycles. The van der Waals surface area contributed by atoms with Crippen LogP contribution in [0.25, 0.3) is 0 Å². The number of hydrogen-bond donors (Lipinski definition) is 0. The van der Waals surface area contributed by atoms with Crippen LogP contribution < -0.4 is 14.4 Å². The van der Waals surface area contributed by atoms with Crippen LogP contribution in [0.3, 0.4) is 0 Å². The highest BCUT2D eigenvalue weighted by Gasteiger charge is 2.47. The van der Waals surface area contributed by atoms with E-state index in [4.69, 9.17) is 26.1 Å². The highest BCUT2D eigenvalue weighted by atomic mass is 35.5. The van der Waals surface area contributed by atoms with Gasteiger partial charge in [0.2, 0.25) is 6.79 Å². The zero-order valence-corrected chi connectivity index (χ0v) is 17.1. The minimum Gasteiger partial charge on any atom is -0.454 e. The monoisotopic (exact) mass is 436 g/mol. The number of halogens is 1. The fraction of sp³-hybridized carbons (Fsp3) is 0.316. The van der Waals surface area contributed by atoms with Crippen molar-refractivity contribution in [1.29, 1.82) is 0 Å². The van der Waals surface area contributed by atoms with Crippen LogP contribution in [0.5, 0.6) is 11.5 Å². The molecule has 1 saturated heterocycles. The molecule has 0 N–H and O–H groups in total. The summed E-state index contributed by atoms with van der Waals surface area (Å²) in [5, 5.41) is 1.52. The predicted octanol–water partition coefficient (Wildman–Crippen LogP) is 3.34. The topological polar surface area (TPSA) is 68.2 Å². The van der Waals surface area contributed by atoms with Crippen molar-refractivity contribution in [3.05, 3.63) is 53.1 Å². The van der Waals surface area contributed by atoms with Gasteiger partial charge in [-0.15, -0.1) is 0 Å². The second kappa shape index (κ2) is 6.86. The highest BCUT2D eigenvalue weighted by molar-refractivity contribution is 8.13. The molecule has 5 rings (SSSR count). The van der Waals surface area contributed by atoms with Crippen LogP contribution in [-0.4, -0.2) is 44.0 Å². The van der Waals surface area contributed by atoms with Gasteiger partial charge in [0, 0.05) is 22.5 Å². The molecule has 28 heavy (non-hydrogen) atoms. The molecule has 0 spiro atoms. The Bertz CT molecular complexity index is 1070. The molecule has 0 bridgehead atoms. The van der Waals surface area contributed by atoms with E-state index < -0.39 is 9.84 Å². The molecule has 9 heteroatoms. The van der Waals surface area contributed by atoms with Gasteiger partial charge in [0.15, 0.2) is 26.5 Å². The Morgan fingerprint density at radius 2 is 2.00 bits per heavy atom. The smallest absolute Gasteiger partial charge is 0.231 e. The summed E-state index contributed by atoms with van der Waals surface area (Å²) in [4.78, 5) is 6.79. The molecule has 3 heterocycles. The average molecular weight is 437 g/mol. The Morgan fingerprint density at radius 1 is 1.14 bits per heavy atom. The summed E-state index contributed by atoms with van der Waals surface area (Å²) in [5.74, 6) is 2.27. The minimum absolute atomic E-state index is 0.0972. The van der Waals surface area contributed by atoms with Crippen molar-refractivity contribution in [2.24, 2.45) is 4.99 Å². The Hall–Kier alpha value is -1.90. The first-order valence-electron chi connectivity index (χ1n) is 8.83. The molecule has 0 radical (unpaired) electrons. The Morgan fingerprint density at radius 3 is 2.86 bits per heavy atom. The largest absolute Gasteiger partial charge is 0.454 e. The second-order valence-corrected chi connectivity index (χ2v) is 10.5. The summed E-state index contributed by atoms with van der Waals surface area (Å²) in [7, 11) is -3.09. The van der Waals surface area contributed by atoms with Crippen molar-refractivity contribution < 1.29 is 17.9 Å². The van der Waals surface area contributed by atoms with Gasteiger partial charge in [-0.2, -0.15) is 0 Å². The summed E-state index contributed by atoms with van der Waals surface area (Å²) < 4.78 is 35.2. The maximum atomic E-state index is 12.2. The first kappa shape index (κ1) is 18.1. The van der Waals surface area contributed by atoms with E-state index in [0.29, 0.717) is 22.3 Å². The number of ether oxygens (including phenoxy) is 2. The van der Waals surface area contributed by atoms with Crippen LogP contribution in [0.2, 0.25) is 5.02 Å². The van der Waals surface area contributed by atoms with Crippen LogP contribution in [0, 0.1) is 0 Å². The van der Waals surface area contributed by atoms with Crippen molar-refractivity contribution in [2.45, 2.75) is 17.8 Å². The van der Waals surface area contributed by atoms with Crippen molar-refractivity contribution >= 4 is 44.1 Å². The highest BCUT2D eigenvalue weighted by Crippen LogP contribution is 2.41. The van der Waals surface area contributed by atoms with Crippen molar-refractivity contribution in [1.82, 2.24) is 0 Å². The number of aliphatic imine (C=N–C) groups is 1. The number of anilines is 1. The molecule has 6 nitrogen and oxygen atoms in total. The van der Waals surface area contributed by atoms with Gasteiger partial charge >= 0.3 is 0 Å². The van der Waals surface area contributed by atoms with E-state index in [1.165, 1.54) is 0 Å². The van der Waals surface area contributed by atoms with Crippen LogP contribution in [0.1, 0.15) is 5.56 Å². The van der Waals surface area contributed by atoms with Crippen LogP contribution in [0.15, 0.2) is 47.5 Å². The lowest BCUT2D eigenvalue weighted by Crippen LogP contribution is -2.39. The lowest BCUT2D eigenvalue weighted by molar-refractivity contribution is 0.174. The van der Waals surface area contributed by atoms with E-state index in [1.54, 1.807) is 11.8 Å². The molecule has 2 aromatic carbocycles. The first-order valence-corrected chi connectivity index (χ1v) is 12.0. The van der Waals surface area contributed by atoms with E-state index in [0.717, 1.165) is 16.4 Å². The molecule has 0 aromatic heterocycles. The standard InChI is InChI=1S/C19H17ClN2O4S2/c20-13-3-1-2-12(6-13)8-27-19-21-15-9-28(23,24)10-16(15)22(19)14-4-5-17-18(7-14)26-11-25-17/h1-7,15-16H,8-11H2/t15-,16+/m1/s1. The molecule has 1 fully saturated rings. The van der Waals surface area contributed by atoms with Crippen LogP contribution >= 0.6 is 23.4 Å². The van der Waals surface area contributed by atoms with E-state index in [2.05, 4.69) is 0 Å². The third kappa shape index (κ3) is 3.33. The normalized spacial score (nSPS) is 24.3. The van der Waals surface area contributed by atoms with Gasteiger partial charge in [0.1, 0.15) is 0 Å². The Labute approximate surface area is 172 Å². The molecule has 3 aliphatic rings. The number of fused-ring (bicyclic) bond motifs is 2. The molecular weight excluding hydrogens is 420 g/mol. The summed E-state index contributed by atoms with van der Waals surface area (Å²) in [6, 6.07) is 13.0. The molecule has 0 aliphatic carbocycles. The quantitative estimate of drug-likeness (QED) is 0.735. The van der Waals surface area contributed by atoms with E-state index >= 15 is 0 Å². The van der Waals surface area contributed by atoms with Gasteiger partial charge in [-0.25, -0.2) is 8.42 Å². The molecule has 0 unspecified atom stereocenters. The summed E-state index contributed by atoms with van der Waals surface area (Å²) in [6.07, 6.45) is 0. The number of nitrogens with zero attached hydrogens (tertiary/aromatic N) is 2. The average Bonchev–Trinajstić information content (AvgIpc) is 3.31. The number of sulfone groups is 1. The third-order valence-corrected chi connectivity index (χ3v) is 7.97. The molecule has 146 valence electrons. The number of hydrogen-bond acceptors (Lipinski definition) is 7. The van der Waals surface area contributed by atoms with E-state index in [-0.39, 0.29) is 30.4 Å². The number of benzene rings is 2. The number of thioether (sulfide) groups is 1. The molecule has 2 atom stereocenters. The fourth-order valence-corrected chi connectivity index (χ4v) is 6.87. The van der Waals surface area contributed by atoms with Crippen LogP contribution in [-0.2, 0) is 15.6 Å². The molecule has 0 saturated carbocycles. The Balaban J connectivity index is 1.45. The molecule has 2 aromatic rings. The maximum absolute atomic E-state index is 12.2. The van der Waals surface area contributed by atoms with Gasteiger partial charge in [-0.05, 0) is 29.8 Å². The summed E-state index contributed by atoms with van der Waals surface area (Å²) >= 11 is 7.68. The molecular formula is C19H17ClN2O4S2. The lowest BCUT2D eigenvalue weighted by atomic mass is 10.1. The number of rotatable bonds is 3. The summed E-state index contributed by atoms with van der Waals surface area (Å²) in [6.45, 7) is 0.198. The van der Waals surface area contributed by atoms with Crippen molar-refractivity contribution in [3.8, 4) is 11.5 Å². The van der Waals surface area contributed by atoms with Crippen LogP contribution in [0.4, 0.5) is 5.69 Å². The SMILES string of the molecule is O=S1(=O)C[C@H]2N=C(SCc3cccc(Cl)c3)N(c3ccc4c(c3)OCO4)[C@H]2C1. The fourth-order valence-electron chi connectivity index (χ4n) is 3.74. The zero-order chi connectivity index (χ0) is 19.3. The van der Waals surface area contributed by atoms with Crippen molar-refractivity contribution in [3.63, 3.8) is 0 Å². The van der Waals surface area contributed by atoms with Gasteiger partial charge < -0.3 is 14.4 Å². The van der Waals surface area contributed by atoms with Gasteiger partial charge in [0.25, 0.3) is 0 Å². The first-order chi connectivity index (χ1) is 13.5. The zero-order valence-electron chi connectivity index (χ0n) is 14.7. The van der Waals surface area contributed by atoms with E-state index in [1.807, 2.05) is 47.4 Å². The molecule has 0 amide bonds. The van der Waals surface area contributed by atoms with Gasteiger partial charge in [-0.3, -0.25) is 4.99 Å². The second-order valence-electron chi connectivity index (χ2n) is 6.95. The summed E-state index contributed by atoms with van der Waals surface area (Å²) in [5.41, 5.74) is 1.96. The minimum atomic E-state index is -3.09. The van der Waals surface area contributed by atoms with Gasteiger partial charge in [0.05, 0.1) is 23.6 Å². The number of amidine groups is 1. The van der Waals surface area contributed by atoms with E-state index in [9.17, 15) is 8.42 Å². The Kier molecular flexibility index (Phi) is 4.45. The lowest BCUT2D eigenvalue weighted by Gasteiger charge is -2.26. The maximum Gasteiger partial charge on any atom is 0.231 e. The predicted molar refractivity (Wildman–Crippen MR) is 111 cm³/mol.